The van der Waals surface area contributed by atoms with Crippen molar-refractivity contribution >= 4 is 11.9 Å². The zero-order chi connectivity index (χ0) is 19.4. The van der Waals surface area contributed by atoms with E-state index in [1.807, 2.05) is 0 Å². The molecule has 1 aliphatic carbocycles. The minimum Gasteiger partial charge on any atom is -0.481 e. The number of halogens is 2. The van der Waals surface area contributed by atoms with E-state index in [1.165, 1.54) is 12.1 Å². The fraction of sp³-hybridized carbons (Fsp3) is 0.556. The largest absolute Gasteiger partial charge is 0.481 e. The van der Waals surface area contributed by atoms with Crippen LogP contribution >= 0.6 is 0 Å². The molecule has 27 heavy (non-hydrogen) atoms. The Hall–Kier alpha value is -2.26. The number of carboxylic acid groups (broad SMARTS) is 1. The van der Waals surface area contributed by atoms with Crippen LogP contribution in [-0.2, 0) is 9.59 Å². The third-order valence-corrected chi connectivity index (χ3v) is 5.18. The van der Waals surface area contributed by atoms with Crippen LogP contribution in [0.25, 0.3) is 0 Å². The molecule has 0 bridgehead atoms. The molecular formula is C18H23F2N3O4. The molecule has 9 heteroatoms. The molecule has 0 radical (unpaired) electrons. The maximum Gasteiger partial charge on any atom is 0.387 e. The zero-order valence-electron chi connectivity index (χ0n) is 14.7. The lowest BCUT2D eigenvalue weighted by Gasteiger charge is -2.28. The predicted octanol–water partition coefficient (Wildman–Crippen LogP) is 1.81. The SMILES string of the molecule is O=C(O)C1CCC(NC(=O)C2CNNC2c2cccc(OC(F)F)c2)CC1. The summed E-state index contributed by atoms with van der Waals surface area (Å²) in [6.07, 6.45) is 2.38. The molecule has 2 aliphatic rings. The van der Waals surface area contributed by atoms with Gasteiger partial charge in [0.25, 0.3) is 0 Å². The van der Waals surface area contributed by atoms with E-state index in [0.717, 1.165) is 0 Å². The van der Waals surface area contributed by atoms with Gasteiger partial charge in [-0.15, -0.1) is 0 Å². The Bertz CT molecular complexity index is 680. The highest BCUT2D eigenvalue weighted by Gasteiger charge is 2.36. The molecule has 2 fully saturated rings. The Kier molecular flexibility index (Phi) is 6.22. The van der Waals surface area contributed by atoms with Crippen molar-refractivity contribution in [2.24, 2.45) is 11.8 Å². The number of amides is 1. The molecule has 1 amide bonds. The minimum atomic E-state index is -2.91. The number of alkyl halides is 2. The number of benzene rings is 1. The Balaban J connectivity index is 1.61. The van der Waals surface area contributed by atoms with E-state index in [-0.39, 0.29) is 29.7 Å². The van der Waals surface area contributed by atoms with Gasteiger partial charge in [0.1, 0.15) is 5.75 Å². The first kappa shape index (κ1) is 19.5. The number of hydrogen-bond donors (Lipinski definition) is 4. The van der Waals surface area contributed by atoms with Gasteiger partial charge in [-0.1, -0.05) is 12.1 Å². The van der Waals surface area contributed by atoms with Gasteiger partial charge in [0.05, 0.1) is 17.9 Å². The van der Waals surface area contributed by atoms with Crippen LogP contribution in [0.2, 0.25) is 0 Å². The average Bonchev–Trinajstić information content (AvgIpc) is 3.12. The fourth-order valence-corrected chi connectivity index (χ4v) is 3.73. The number of aliphatic carboxylic acids is 1. The van der Waals surface area contributed by atoms with E-state index in [1.54, 1.807) is 12.1 Å². The number of carbonyl (C=O) groups excluding carboxylic acids is 1. The second-order valence-corrected chi connectivity index (χ2v) is 6.96. The zero-order valence-corrected chi connectivity index (χ0v) is 14.7. The van der Waals surface area contributed by atoms with Crippen LogP contribution in [0.5, 0.6) is 5.75 Å². The van der Waals surface area contributed by atoms with E-state index in [2.05, 4.69) is 20.9 Å². The summed E-state index contributed by atoms with van der Waals surface area (Å²) in [6, 6.07) is 5.88. The molecule has 7 nitrogen and oxygen atoms in total. The highest BCUT2D eigenvalue weighted by Crippen LogP contribution is 2.29. The monoisotopic (exact) mass is 383 g/mol. The van der Waals surface area contributed by atoms with Crippen LogP contribution in [-0.4, -0.2) is 36.2 Å². The number of carbonyl (C=O) groups is 2. The molecule has 3 rings (SSSR count). The molecule has 1 heterocycles. The van der Waals surface area contributed by atoms with Gasteiger partial charge < -0.3 is 15.2 Å². The van der Waals surface area contributed by atoms with Gasteiger partial charge in [0.2, 0.25) is 5.91 Å². The van der Waals surface area contributed by atoms with Crippen LogP contribution in [0.3, 0.4) is 0 Å². The number of ether oxygens (including phenoxy) is 1. The molecule has 0 aromatic heterocycles. The van der Waals surface area contributed by atoms with Gasteiger partial charge in [-0.25, -0.2) is 5.43 Å². The fourth-order valence-electron chi connectivity index (χ4n) is 3.73. The summed E-state index contributed by atoms with van der Waals surface area (Å²) in [6.45, 7) is -2.50. The van der Waals surface area contributed by atoms with Crippen LogP contribution in [0.1, 0.15) is 37.3 Å². The third-order valence-electron chi connectivity index (χ3n) is 5.18. The van der Waals surface area contributed by atoms with Crippen molar-refractivity contribution in [2.75, 3.05) is 6.54 Å². The first-order valence-corrected chi connectivity index (χ1v) is 9.00. The van der Waals surface area contributed by atoms with Gasteiger partial charge in [0, 0.05) is 12.6 Å². The Labute approximate surface area is 155 Å². The molecule has 2 unspecified atom stereocenters. The highest BCUT2D eigenvalue weighted by molar-refractivity contribution is 5.80. The first-order valence-electron chi connectivity index (χ1n) is 9.00. The van der Waals surface area contributed by atoms with Crippen molar-refractivity contribution in [2.45, 2.75) is 44.4 Å². The standard InChI is InChI=1S/C18H23F2N3O4/c19-18(20)27-13-3-1-2-11(8-13)15-14(9-21-23-15)16(24)22-12-6-4-10(5-7-12)17(25)26/h1-3,8,10,12,14-15,18,21,23H,4-7,9H2,(H,22,24)(H,25,26). The topological polar surface area (TPSA) is 99.7 Å². The number of rotatable bonds is 6. The number of carboxylic acids is 1. The quantitative estimate of drug-likeness (QED) is 0.598. The maximum absolute atomic E-state index is 12.7. The molecule has 148 valence electrons. The van der Waals surface area contributed by atoms with E-state index < -0.39 is 18.5 Å². The average molecular weight is 383 g/mol. The summed E-state index contributed by atoms with van der Waals surface area (Å²) in [5.74, 6) is -1.63. The van der Waals surface area contributed by atoms with Crippen molar-refractivity contribution in [1.29, 1.82) is 0 Å². The molecule has 1 aromatic rings. The van der Waals surface area contributed by atoms with Crippen molar-refractivity contribution in [1.82, 2.24) is 16.2 Å². The van der Waals surface area contributed by atoms with Crippen molar-refractivity contribution in [3.8, 4) is 5.75 Å². The van der Waals surface area contributed by atoms with E-state index in [0.29, 0.717) is 37.8 Å². The molecule has 1 saturated heterocycles. The number of hydrazine groups is 1. The van der Waals surface area contributed by atoms with E-state index in [9.17, 15) is 18.4 Å². The number of nitrogens with one attached hydrogen (secondary N) is 3. The Morgan fingerprint density at radius 2 is 1.96 bits per heavy atom. The van der Waals surface area contributed by atoms with E-state index >= 15 is 0 Å². The molecule has 2 atom stereocenters. The van der Waals surface area contributed by atoms with Crippen LogP contribution in [0.15, 0.2) is 24.3 Å². The second kappa shape index (κ2) is 8.62. The van der Waals surface area contributed by atoms with Crippen LogP contribution in [0, 0.1) is 11.8 Å². The molecule has 4 N–H and O–H groups in total. The Morgan fingerprint density at radius 1 is 1.22 bits per heavy atom. The lowest BCUT2D eigenvalue weighted by atomic mass is 9.85. The summed E-state index contributed by atoms with van der Waals surface area (Å²) < 4.78 is 29.3. The maximum atomic E-state index is 12.7. The lowest BCUT2D eigenvalue weighted by Crippen LogP contribution is -2.43. The van der Waals surface area contributed by atoms with Gasteiger partial charge in [0.15, 0.2) is 0 Å². The molecule has 1 aliphatic heterocycles. The molecular weight excluding hydrogens is 360 g/mol. The smallest absolute Gasteiger partial charge is 0.387 e. The van der Waals surface area contributed by atoms with Gasteiger partial charge in [-0.3, -0.25) is 15.0 Å². The summed E-state index contributed by atoms with van der Waals surface area (Å²) in [5.41, 5.74) is 6.63. The highest BCUT2D eigenvalue weighted by atomic mass is 19.3. The van der Waals surface area contributed by atoms with Crippen molar-refractivity contribution < 1.29 is 28.2 Å². The van der Waals surface area contributed by atoms with Gasteiger partial charge >= 0.3 is 12.6 Å². The molecule has 1 saturated carbocycles. The molecule has 0 spiro atoms. The van der Waals surface area contributed by atoms with Gasteiger partial charge in [-0.05, 0) is 43.4 Å². The van der Waals surface area contributed by atoms with Gasteiger partial charge in [-0.2, -0.15) is 8.78 Å². The normalized spacial score (nSPS) is 28.1. The Morgan fingerprint density at radius 3 is 2.63 bits per heavy atom. The predicted molar refractivity (Wildman–Crippen MR) is 92.0 cm³/mol. The van der Waals surface area contributed by atoms with Crippen molar-refractivity contribution in [3.05, 3.63) is 29.8 Å². The van der Waals surface area contributed by atoms with E-state index in [4.69, 9.17) is 5.11 Å². The summed E-state index contributed by atoms with van der Waals surface area (Å²) in [4.78, 5) is 23.7. The second-order valence-electron chi connectivity index (χ2n) is 6.96. The first-order chi connectivity index (χ1) is 12.9. The minimum absolute atomic E-state index is 0.0390. The van der Waals surface area contributed by atoms with Crippen LogP contribution in [0.4, 0.5) is 8.78 Å². The summed E-state index contributed by atoms with van der Waals surface area (Å²) in [7, 11) is 0. The summed E-state index contributed by atoms with van der Waals surface area (Å²) in [5, 5.41) is 12.1. The third kappa shape index (κ3) is 4.92. The van der Waals surface area contributed by atoms with Crippen molar-refractivity contribution in [3.63, 3.8) is 0 Å². The van der Waals surface area contributed by atoms with Crippen LogP contribution < -0.4 is 20.9 Å². The number of hydrogen-bond acceptors (Lipinski definition) is 5. The lowest BCUT2D eigenvalue weighted by molar-refractivity contribution is -0.142. The molecule has 1 aromatic carbocycles. The summed E-state index contributed by atoms with van der Waals surface area (Å²) >= 11 is 0.